The van der Waals surface area contributed by atoms with Gasteiger partial charge in [-0.2, -0.15) is 0 Å². The van der Waals surface area contributed by atoms with Crippen LogP contribution in [0.2, 0.25) is 0 Å². The summed E-state index contributed by atoms with van der Waals surface area (Å²) in [6, 6.07) is 3.76. The summed E-state index contributed by atoms with van der Waals surface area (Å²) in [5.74, 6) is 1.76. The fourth-order valence-electron chi connectivity index (χ4n) is 0.809. The van der Waals surface area contributed by atoms with E-state index < -0.39 is 0 Å². The summed E-state index contributed by atoms with van der Waals surface area (Å²) in [6.07, 6.45) is 1.70. The summed E-state index contributed by atoms with van der Waals surface area (Å²) in [5.41, 5.74) is 5.52. The van der Waals surface area contributed by atoms with Gasteiger partial charge in [0.15, 0.2) is 0 Å². The molecule has 0 amide bonds. The van der Waals surface area contributed by atoms with Crippen molar-refractivity contribution in [3.05, 3.63) is 18.3 Å². The zero-order chi connectivity index (χ0) is 9.68. The molecule has 4 heteroatoms. The standard InChI is InChI=1S/C9H14N2OS/c1-7(5-12)6-13-8-2-3-11-9(10)4-8/h2-4,7,12H,5-6H2,1H3,(H2,10,11). The molecule has 1 unspecified atom stereocenters. The number of pyridine rings is 1. The molecule has 3 N–H and O–H groups in total. The van der Waals surface area contributed by atoms with E-state index in [1.807, 2.05) is 19.1 Å². The molecule has 0 aromatic carbocycles. The van der Waals surface area contributed by atoms with E-state index in [4.69, 9.17) is 10.8 Å². The van der Waals surface area contributed by atoms with Crippen molar-refractivity contribution in [3.8, 4) is 0 Å². The lowest BCUT2D eigenvalue weighted by Gasteiger charge is -2.06. The Balaban J connectivity index is 2.45. The van der Waals surface area contributed by atoms with Crippen molar-refractivity contribution < 1.29 is 5.11 Å². The number of aliphatic hydroxyl groups excluding tert-OH is 1. The monoisotopic (exact) mass is 198 g/mol. The first-order valence-corrected chi connectivity index (χ1v) is 5.16. The average Bonchev–Trinajstić information content (AvgIpc) is 2.14. The molecule has 0 aliphatic heterocycles. The van der Waals surface area contributed by atoms with Gasteiger partial charge in [0.05, 0.1) is 0 Å². The lowest BCUT2D eigenvalue weighted by molar-refractivity contribution is 0.250. The molecule has 0 spiro atoms. The third kappa shape index (κ3) is 3.65. The Hall–Kier alpha value is -0.740. The van der Waals surface area contributed by atoms with Crippen LogP contribution in [-0.2, 0) is 0 Å². The molecule has 13 heavy (non-hydrogen) atoms. The van der Waals surface area contributed by atoms with Crippen LogP contribution in [0.15, 0.2) is 23.2 Å². The van der Waals surface area contributed by atoms with E-state index in [1.165, 1.54) is 0 Å². The summed E-state index contributed by atoms with van der Waals surface area (Å²) in [4.78, 5) is 5.01. The van der Waals surface area contributed by atoms with Gasteiger partial charge < -0.3 is 10.8 Å². The summed E-state index contributed by atoms with van der Waals surface area (Å²) in [5, 5.41) is 8.82. The van der Waals surface area contributed by atoms with Crippen molar-refractivity contribution in [1.29, 1.82) is 0 Å². The average molecular weight is 198 g/mol. The number of rotatable bonds is 4. The number of aromatic nitrogens is 1. The number of hydrogen-bond acceptors (Lipinski definition) is 4. The fraction of sp³-hybridized carbons (Fsp3) is 0.444. The van der Waals surface area contributed by atoms with Crippen molar-refractivity contribution >= 4 is 17.6 Å². The largest absolute Gasteiger partial charge is 0.396 e. The van der Waals surface area contributed by atoms with Gasteiger partial charge in [0.25, 0.3) is 0 Å². The van der Waals surface area contributed by atoms with Crippen molar-refractivity contribution in [3.63, 3.8) is 0 Å². The lowest BCUT2D eigenvalue weighted by Crippen LogP contribution is -2.03. The van der Waals surface area contributed by atoms with Crippen LogP contribution < -0.4 is 5.73 Å². The summed E-state index contributed by atoms with van der Waals surface area (Å²) < 4.78 is 0. The van der Waals surface area contributed by atoms with E-state index >= 15 is 0 Å². The summed E-state index contributed by atoms with van der Waals surface area (Å²) in [7, 11) is 0. The van der Waals surface area contributed by atoms with Crippen LogP contribution in [0, 0.1) is 5.92 Å². The minimum atomic E-state index is 0.230. The molecular formula is C9H14N2OS. The van der Waals surface area contributed by atoms with Crippen molar-refractivity contribution in [2.75, 3.05) is 18.1 Å². The Labute approximate surface area is 82.4 Å². The third-order valence-corrected chi connectivity index (χ3v) is 2.92. The molecule has 0 aliphatic carbocycles. The molecule has 3 nitrogen and oxygen atoms in total. The number of anilines is 1. The Bertz CT molecular complexity index is 268. The summed E-state index contributed by atoms with van der Waals surface area (Å²) >= 11 is 1.69. The topological polar surface area (TPSA) is 59.1 Å². The van der Waals surface area contributed by atoms with Crippen LogP contribution in [0.5, 0.6) is 0 Å². The molecule has 0 aliphatic rings. The highest BCUT2D eigenvalue weighted by molar-refractivity contribution is 7.99. The number of aliphatic hydroxyl groups is 1. The van der Waals surface area contributed by atoms with Crippen molar-refractivity contribution in [2.24, 2.45) is 5.92 Å². The maximum absolute atomic E-state index is 8.82. The maximum Gasteiger partial charge on any atom is 0.124 e. The Morgan fingerprint density at radius 3 is 3.08 bits per heavy atom. The van der Waals surface area contributed by atoms with Gasteiger partial charge in [-0.25, -0.2) is 4.98 Å². The van der Waals surface area contributed by atoms with Gasteiger partial charge >= 0.3 is 0 Å². The molecule has 0 fully saturated rings. The molecule has 0 saturated heterocycles. The lowest BCUT2D eigenvalue weighted by atomic mass is 10.2. The number of hydrogen-bond donors (Lipinski definition) is 2. The second-order valence-corrected chi connectivity index (χ2v) is 4.11. The summed E-state index contributed by atoms with van der Waals surface area (Å²) in [6.45, 7) is 2.24. The smallest absolute Gasteiger partial charge is 0.124 e. The normalized spacial score (nSPS) is 12.8. The zero-order valence-electron chi connectivity index (χ0n) is 7.60. The molecule has 0 bridgehead atoms. The highest BCUT2D eigenvalue weighted by atomic mass is 32.2. The fourth-order valence-corrected chi connectivity index (χ4v) is 1.75. The van der Waals surface area contributed by atoms with E-state index in [2.05, 4.69) is 4.98 Å². The van der Waals surface area contributed by atoms with Crippen LogP contribution >= 0.6 is 11.8 Å². The second-order valence-electron chi connectivity index (χ2n) is 3.02. The van der Waals surface area contributed by atoms with Crippen molar-refractivity contribution in [1.82, 2.24) is 4.98 Å². The minimum absolute atomic E-state index is 0.230. The molecule has 0 radical (unpaired) electrons. The van der Waals surface area contributed by atoms with Crippen LogP contribution in [0.4, 0.5) is 5.82 Å². The predicted octanol–water partition coefficient (Wildman–Crippen LogP) is 1.38. The van der Waals surface area contributed by atoms with Crippen LogP contribution in [0.25, 0.3) is 0 Å². The zero-order valence-corrected chi connectivity index (χ0v) is 8.42. The van der Waals surface area contributed by atoms with E-state index in [9.17, 15) is 0 Å². The van der Waals surface area contributed by atoms with Gasteiger partial charge in [0, 0.05) is 23.5 Å². The van der Waals surface area contributed by atoms with Gasteiger partial charge in [0.1, 0.15) is 5.82 Å². The number of nitrogens with two attached hydrogens (primary N) is 1. The molecule has 1 atom stereocenters. The molecule has 1 aromatic rings. The molecule has 0 saturated carbocycles. The SMILES string of the molecule is CC(CO)CSc1ccnc(N)c1. The number of nitrogen functional groups attached to an aromatic ring is 1. The maximum atomic E-state index is 8.82. The first kappa shape index (κ1) is 10.3. The highest BCUT2D eigenvalue weighted by Crippen LogP contribution is 2.20. The third-order valence-electron chi connectivity index (χ3n) is 1.60. The number of thioether (sulfide) groups is 1. The predicted molar refractivity (Wildman–Crippen MR) is 55.6 cm³/mol. The molecule has 72 valence electrons. The van der Waals surface area contributed by atoms with E-state index in [0.717, 1.165) is 10.6 Å². The van der Waals surface area contributed by atoms with Gasteiger partial charge in [-0.05, 0) is 18.1 Å². The van der Waals surface area contributed by atoms with Crippen molar-refractivity contribution in [2.45, 2.75) is 11.8 Å². The first-order valence-electron chi connectivity index (χ1n) is 4.17. The van der Waals surface area contributed by atoms with Gasteiger partial charge in [-0.3, -0.25) is 0 Å². The number of nitrogens with zero attached hydrogens (tertiary/aromatic N) is 1. The molecular weight excluding hydrogens is 184 g/mol. The highest BCUT2D eigenvalue weighted by Gasteiger charge is 2.01. The van der Waals surface area contributed by atoms with Crippen LogP contribution in [0.1, 0.15) is 6.92 Å². The van der Waals surface area contributed by atoms with Gasteiger partial charge in [-0.1, -0.05) is 6.92 Å². The van der Waals surface area contributed by atoms with E-state index in [1.54, 1.807) is 18.0 Å². The molecule has 1 rings (SSSR count). The van der Waals surface area contributed by atoms with Crippen LogP contribution in [-0.4, -0.2) is 22.5 Å². The van der Waals surface area contributed by atoms with Crippen LogP contribution in [0.3, 0.4) is 0 Å². The molecule has 1 heterocycles. The quantitative estimate of drug-likeness (QED) is 0.718. The minimum Gasteiger partial charge on any atom is -0.396 e. The van der Waals surface area contributed by atoms with Gasteiger partial charge in [-0.15, -0.1) is 11.8 Å². The van der Waals surface area contributed by atoms with E-state index in [0.29, 0.717) is 11.7 Å². The first-order chi connectivity index (χ1) is 6.22. The molecule has 1 aromatic heterocycles. The Morgan fingerprint density at radius 1 is 1.69 bits per heavy atom. The van der Waals surface area contributed by atoms with Gasteiger partial charge in [0.2, 0.25) is 0 Å². The Morgan fingerprint density at radius 2 is 2.46 bits per heavy atom. The Kier molecular flexibility index (Phi) is 4.05. The van der Waals surface area contributed by atoms with E-state index in [-0.39, 0.29) is 6.61 Å². The second kappa shape index (κ2) is 5.09.